The molecule has 0 radical (unpaired) electrons. The second-order valence-electron chi connectivity index (χ2n) is 11.0. The lowest BCUT2D eigenvalue weighted by molar-refractivity contribution is -0.166. The van der Waals surface area contributed by atoms with Crippen molar-refractivity contribution in [1.29, 1.82) is 0 Å². The van der Waals surface area contributed by atoms with Gasteiger partial charge in [0.15, 0.2) is 17.0 Å². The Hall–Kier alpha value is -4.33. The number of aromatic nitrogens is 1. The van der Waals surface area contributed by atoms with Crippen LogP contribution in [0.2, 0.25) is 0 Å². The Bertz CT molecular complexity index is 1610. The number of nitrogens with zero attached hydrogens (tertiary/aromatic N) is 2. The first kappa shape index (κ1) is 26.9. The zero-order valence-corrected chi connectivity index (χ0v) is 23.6. The number of amides is 2. The molecular formula is C33H34FN3O4. The number of benzene rings is 3. The molecule has 0 unspecified atom stereocenters. The maximum Gasteiger partial charge on any atom is 0.254 e. The molecule has 2 aliphatic heterocycles. The summed E-state index contributed by atoms with van der Waals surface area (Å²) >= 11 is 0. The largest absolute Gasteiger partial charge is 0.493 e. The fourth-order valence-electron chi connectivity index (χ4n) is 6.30. The van der Waals surface area contributed by atoms with E-state index in [1.807, 2.05) is 43.3 Å². The smallest absolute Gasteiger partial charge is 0.254 e. The van der Waals surface area contributed by atoms with Gasteiger partial charge in [0.2, 0.25) is 5.91 Å². The number of carbonyl (C=O) groups is 2. The van der Waals surface area contributed by atoms with E-state index in [1.165, 1.54) is 12.1 Å². The van der Waals surface area contributed by atoms with Gasteiger partial charge in [-0.05, 0) is 66.8 Å². The molecule has 8 heteroatoms. The number of fused-ring (bicyclic) bond motifs is 5. The van der Waals surface area contributed by atoms with E-state index in [4.69, 9.17) is 9.47 Å². The number of nitrogens with one attached hydrogen (secondary N) is 1. The van der Waals surface area contributed by atoms with Crippen molar-refractivity contribution < 1.29 is 23.5 Å². The van der Waals surface area contributed by atoms with Crippen LogP contribution < -0.4 is 9.47 Å². The number of piperazine rings is 1. The second-order valence-corrected chi connectivity index (χ2v) is 11.0. The number of halogens is 1. The number of aromatic amines is 1. The van der Waals surface area contributed by atoms with Crippen LogP contribution in [0.15, 0.2) is 66.7 Å². The normalized spacial score (nSPS) is 20.2. The van der Waals surface area contributed by atoms with Gasteiger partial charge in [0.25, 0.3) is 5.91 Å². The van der Waals surface area contributed by atoms with Crippen molar-refractivity contribution in [1.82, 2.24) is 14.8 Å². The van der Waals surface area contributed by atoms with Crippen molar-refractivity contribution in [3.05, 3.63) is 94.9 Å². The van der Waals surface area contributed by atoms with Gasteiger partial charge < -0.3 is 24.3 Å². The van der Waals surface area contributed by atoms with E-state index in [2.05, 4.69) is 18.0 Å². The fourth-order valence-corrected chi connectivity index (χ4v) is 6.30. The highest BCUT2D eigenvalue weighted by Crippen LogP contribution is 2.49. The van der Waals surface area contributed by atoms with Gasteiger partial charge in [-0.25, -0.2) is 4.39 Å². The van der Waals surface area contributed by atoms with Crippen LogP contribution in [-0.2, 0) is 21.5 Å². The molecule has 1 N–H and O–H groups in total. The van der Waals surface area contributed by atoms with Crippen LogP contribution in [0.1, 0.15) is 48.6 Å². The van der Waals surface area contributed by atoms with Gasteiger partial charge >= 0.3 is 0 Å². The topological polar surface area (TPSA) is 74.9 Å². The number of carbonyl (C=O) groups excluding carboxylic acids is 2. The first-order valence-corrected chi connectivity index (χ1v) is 14.1. The van der Waals surface area contributed by atoms with E-state index in [9.17, 15) is 14.0 Å². The molecule has 1 saturated heterocycles. The van der Waals surface area contributed by atoms with E-state index in [1.54, 1.807) is 29.0 Å². The number of methoxy groups -OCH3 is 1. The lowest BCUT2D eigenvalue weighted by Gasteiger charge is -2.51. The molecule has 1 fully saturated rings. The van der Waals surface area contributed by atoms with E-state index < -0.39 is 5.54 Å². The van der Waals surface area contributed by atoms with Gasteiger partial charge in [-0.15, -0.1) is 0 Å². The summed E-state index contributed by atoms with van der Waals surface area (Å²) in [6, 6.07) is 20.2. The van der Waals surface area contributed by atoms with Crippen LogP contribution in [0, 0.1) is 5.82 Å². The van der Waals surface area contributed by atoms with E-state index in [0.717, 1.165) is 39.7 Å². The monoisotopic (exact) mass is 555 g/mol. The third kappa shape index (κ3) is 4.51. The lowest BCUT2D eigenvalue weighted by atomic mass is 9.76. The molecule has 2 amide bonds. The Kier molecular flexibility index (Phi) is 6.93. The van der Waals surface area contributed by atoms with Gasteiger partial charge in [-0.2, -0.15) is 0 Å². The summed E-state index contributed by atoms with van der Waals surface area (Å²) in [4.78, 5) is 34.9. The van der Waals surface area contributed by atoms with Crippen molar-refractivity contribution in [3.63, 3.8) is 0 Å². The molecule has 0 bridgehead atoms. The van der Waals surface area contributed by atoms with Crippen LogP contribution in [0.25, 0.3) is 10.9 Å². The van der Waals surface area contributed by atoms with Gasteiger partial charge in [-0.3, -0.25) is 9.59 Å². The summed E-state index contributed by atoms with van der Waals surface area (Å²) in [5.41, 5.74) is 3.39. The lowest BCUT2D eigenvalue weighted by Crippen LogP contribution is -2.67. The van der Waals surface area contributed by atoms with Crippen LogP contribution in [-0.4, -0.2) is 59.9 Å². The average molecular weight is 556 g/mol. The summed E-state index contributed by atoms with van der Waals surface area (Å²) < 4.78 is 25.0. The Balaban J connectivity index is 1.41. The minimum absolute atomic E-state index is 0.00498. The molecule has 212 valence electrons. The molecular weight excluding hydrogens is 521 g/mol. The number of ether oxygens (including phenoxy) is 2. The molecule has 7 nitrogen and oxygen atoms in total. The minimum Gasteiger partial charge on any atom is -0.493 e. The maximum absolute atomic E-state index is 14.2. The Morgan fingerprint density at radius 2 is 1.83 bits per heavy atom. The van der Waals surface area contributed by atoms with Gasteiger partial charge in [0.1, 0.15) is 5.82 Å². The molecule has 0 saturated carbocycles. The van der Waals surface area contributed by atoms with E-state index in [-0.39, 0.29) is 30.1 Å². The molecule has 3 heterocycles. The summed E-state index contributed by atoms with van der Waals surface area (Å²) in [6.07, 6.45) is 1.42. The third-order valence-electron chi connectivity index (χ3n) is 8.45. The van der Waals surface area contributed by atoms with Crippen molar-refractivity contribution in [3.8, 4) is 11.5 Å². The molecule has 2 aliphatic rings. The zero-order valence-electron chi connectivity index (χ0n) is 23.6. The molecule has 3 aromatic carbocycles. The quantitative estimate of drug-likeness (QED) is 0.317. The third-order valence-corrected chi connectivity index (χ3v) is 8.45. The van der Waals surface area contributed by atoms with Crippen LogP contribution >= 0.6 is 0 Å². The zero-order chi connectivity index (χ0) is 28.7. The van der Waals surface area contributed by atoms with Gasteiger partial charge in [0, 0.05) is 29.9 Å². The highest BCUT2D eigenvalue weighted by atomic mass is 19.1. The molecule has 41 heavy (non-hydrogen) atoms. The standard InChI is InChI=1S/C33H34FN3O4/c1-4-17-41-27-14-11-22(18-28(27)40-3)25-19-37-29(38)20-36(16-15-21-9-12-23(34)13-10-21)32(39)33(37,2)31-30(25)24-7-5-6-8-26(24)35-31/h5-14,18,25,35H,4,15-17,19-20H2,1-3H3/t25-,33-/m0/s1. The summed E-state index contributed by atoms with van der Waals surface area (Å²) in [5, 5.41) is 1.03. The average Bonchev–Trinajstić information content (AvgIpc) is 3.39. The Morgan fingerprint density at radius 3 is 2.59 bits per heavy atom. The number of para-hydroxylation sites is 1. The molecule has 0 spiro atoms. The minimum atomic E-state index is -1.18. The Morgan fingerprint density at radius 1 is 1.05 bits per heavy atom. The summed E-state index contributed by atoms with van der Waals surface area (Å²) in [5.74, 6) is 0.621. The maximum atomic E-state index is 14.2. The molecule has 4 aromatic rings. The van der Waals surface area contributed by atoms with Gasteiger partial charge in [0.05, 0.1) is 26.0 Å². The number of H-pyrrole nitrogens is 1. The number of hydrogen-bond donors (Lipinski definition) is 1. The summed E-state index contributed by atoms with van der Waals surface area (Å²) in [7, 11) is 1.63. The van der Waals surface area contributed by atoms with Gasteiger partial charge in [-0.1, -0.05) is 43.3 Å². The van der Waals surface area contributed by atoms with Crippen molar-refractivity contribution >= 4 is 22.7 Å². The van der Waals surface area contributed by atoms with Crippen molar-refractivity contribution in [2.45, 2.75) is 38.1 Å². The number of hydrogen-bond acceptors (Lipinski definition) is 4. The van der Waals surface area contributed by atoms with Crippen LogP contribution in [0.5, 0.6) is 11.5 Å². The predicted octanol–water partition coefficient (Wildman–Crippen LogP) is 5.38. The predicted molar refractivity (Wildman–Crippen MR) is 155 cm³/mol. The second kappa shape index (κ2) is 10.6. The van der Waals surface area contributed by atoms with E-state index in [0.29, 0.717) is 37.6 Å². The highest BCUT2D eigenvalue weighted by molar-refractivity contribution is 6.01. The SMILES string of the molecule is CCCOc1ccc([C@@H]2CN3C(=O)CN(CCc4ccc(F)cc4)C(=O)[C@]3(C)c3[nH]c4ccccc4c32)cc1OC. The highest BCUT2D eigenvalue weighted by Gasteiger charge is 2.56. The fraction of sp³-hybridized carbons (Fsp3) is 0.333. The summed E-state index contributed by atoms with van der Waals surface area (Å²) in [6.45, 7) is 5.23. The molecule has 6 rings (SSSR count). The first-order valence-electron chi connectivity index (χ1n) is 14.1. The molecule has 0 aliphatic carbocycles. The number of rotatable bonds is 8. The van der Waals surface area contributed by atoms with Crippen LogP contribution in [0.3, 0.4) is 0 Å². The molecule has 2 atom stereocenters. The first-order chi connectivity index (χ1) is 19.8. The Labute approximate surface area is 238 Å². The molecule has 1 aromatic heterocycles. The van der Waals surface area contributed by atoms with Crippen LogP contribution in [0.4, 0.5) is 4.39 Å². The van der Waals surface area contributed by atoms with Crippen molar-refractivity contribution in [2.75, 3.05) is 33.4 Å². The van der Waals surface area contributed by atoms with E-state index >= 15 is 0 Å². The van der Waals surface area contributed by atoms with Crippen molar-refractivity contribution in [2.24, 2.45) is 0 Å².